The van der Waals surface area contributed by atoms with Gasteiger partial charge < -0.3 is 0 Å². The highest BCUT2D eigenvalue weighted by atomic mass is 35.5. The molecule has 0 aliphatic rings. The molecular weight excluding hydrogens is 239 g/mol. The standard InChI is InChI=1S/C10H8ClFO2S/c11-8-2-1-3-9-4-6-10(7-5-9)15(12,13)14/h4-7H,2,8H2. The minimum absolute atomic E-state index is 0.356. The Morgan fingerprint density at radius 1 is 1.27 bits per heavy atom. The van der Waals surface area contributed by atoms with E-state index in [4.69, 9.17) is 11.6 Å². The summed E-state index contributed by atoms with van der Waals surface area (Å²) in [6.07, 6.45) is 0.560. The molecule has 0 unspecified atom stereocenters. The second kappa shape index (κ2) is 5.15. The SMILES string of the molecule is O=S(=O)(F)c1ccc(C#CCCCl)cc1. The first-order valence-corrected chi connectivity index (χ1v) is 6.05. The average Bonchev–Trinajstić information content (AvgIpc) is 2.18. The minimum Gasteiger partial charge on any atom is -0.189 e. The van der Waals surface area contributed by atoms with Gasteiger partial charge in [-0.15, -0.1) is 15.5 Å². The molecule has 0 atom stereocenters. The van der Waals surface area contributed by atoms with Crippen molar-refractivity contribution in [2.75, 3.05) is 5.88 Å². The van der Waals surface area contributed by atoms with Crippen LogP contribution in [0.3, 0.4) is 0 Å². The molecule has 0 amide bonds. The first-order valence-electron chi connectivity index (χ1n) is 4.13. The third-order valence-electron chi connectivity index (χ3n) is 1.59. The summed E-state index contributed by atoms with van der Waals surface area (Å²) < 4.78 is 33.4. The van der Waals surface area contributed by atoms with Gasteiger partial charge in [-0.05, 0) is 24.3 Å². The van der Waals surface area contributed by atoms with Crippen molar-refractivity contribution < 1.29 is 12.3 Å². The Hall–Kier alpha value is -1.05. The van der Waals surface area contributed by atoms with Gasteiger partial charge in [0.25, 0.3) is 0 Å². The van der Waals surface area contributed by atoms with Crippen molar-refractivity contribution in [3.63, 3.8) is 0 Å². The first kappa shape index (κ1) is 12.0. The lowest BCUT2D eigenvalue weighted by Crippen LogP contribution is -1.91. The molecule has 0 N–H and O–H groups in total. The molecule has 0 saturated heterocycles. The number of alkyl halides is 1. The summed E-state index contributed by atoms with van der Waals surface area (Å²) in [5.41, 5.74) is 0.632. The molecule has 0 aliphatic carbocycles. The summed E-state index contributed by atoms with van der Waals surface area (Å²) in [7, 11) is -4.61. The summed E-state index contributed by atoms with van der Waals surface area (Å²) in [5, 5.41) is 0. The highest BCUT2D eigenvalue weighted by molar-refractivity contribution is 7.86. The molecule has 1 rings (SSSR count). The van der Waals surface area contributed by atoms with E-state index in [-0.39, 0.29) is 4.90 Å². The molecule has 0 saturated carbocycles. The number of halogens is 2. The van der Waals surface area contributed by atoms with E-state index >= 15 is 0 Å². The molecule has 0 aromatic heterocycles. The molecule has 0 radical (unpaired) electrons. The van der Waals surface area contributed by atoms with Gasteiger partial charge in [-0.25, -0.2) is 0 Å². The van der Waals surface area contributed by atoms with E-state index in [1.807, 2.05) is 0 Å². The summed E-state index contributed by atoms with van der Waals surface area (Å²) >= 11 is 5.42. The van der Waals surface area contributed by atoms with Crippen LogP contribution < -0.4 is 0 Å². The van der Waals surface area contributed by atoms with Crippen LogP contribution in [0.5, 0.6) is 0 Å². The summed E-state index contributed by atoms with van der Waals surface area (Å²) in [6.45, 7) is 0. The van der Waals surface area contributed by atoms with E-state index in [1.165, 1.54) is 24.3 Å². The van der Waals surface area contributed by atoms with Crippen molar-refractivity contribution in [3.05, 3.63) is 29.8 Å². The Morgan fingerprint density at radius 3 is 2.33 bits per heavy atom. The van der Waals surface area contributed by atoms with Gasteiger partial charge in [0.15, 0.2) is 0 Å². The summed E-state index contributed by atoms with van der Waals surface area (Å²) in [4.78, 5) is -0.356. The van der Waals surface area contributed by atoms with Crippen molar-refractivity contribution in [1.82, 2.24) is 0 Å². The number of hydrogen-bond donors (Lipinski definition) is 0. The molecular formula is C10H8ClFO2S. The molecule has 1 aromatic rings. The molecule has 5 heteroatoms. The average molecular weight is 247 g/mol. The zero-order chi connectivity index (χ0) is 11.3. The smallest absolute Gasteiger partial charge is 0.189 e. The quantitative estimate of drug-likeness (QED) is 0.456. The van der Waals surface area contributed by atoms with E-state index in [9.17, 15) is 12.3 Å². The van der Waals surface area contributed by atoms with Crippen molar-refractivity contribution in [1.29, 1.82) is 0 Å². The van der Waals surface area contributed by atoms with Crippen molar-refractivity contribution in [2.24, 2.45) is 0 Å². The molecule has 0 fully saturated rings. The second-order valence-electron chi connectivity index (χ2n) is 2.70. The molecule has 15 heavy (non-hydrogen) atoms. The van der Waals surface area contributed by atoms with Crippen molar-refractivity contribution in [2.45, 2.75) is 11.3 Å². The Bertz CT molecular complexity index is 482. The zero-order valence-electron chi connectivity index (χ0n) is 7.70. The molecule has 1 aromatic carbocycles. The van der Waals surface area contributed by atoms with Gasteiger partial charge in [-0.3, -0.25) is 0 Å². The van der Waals surface area contributed by atoms with Gasteiger partial charge in [-0.1, -0.05) is 11.8 Å². The lowest BCUT2D eigenvalue weighted by Gasteiger charge is -1.94. The topological polar surface area (TPSA) is 34.1 Å². The summed E-state index contributed by atoms with van der Waals surface area (Å²) in [5.74, 6) is 6.01. The van der Waals surface area contributed by atoms with Crippen LogP contribution in [0.1, 0.15) is 12.0 Å². The van der Waals surface area contributed by atoms with Crippen LogP contribution in [0, 0.1) is 11.8 Å². The Morgan fingerprint density at radius 2 is 1.87 bits per heavy atom. The maximum absolute atomic E-state index is 12.5. The third-order valence-corrected chi connectivity index (χ3v) is 2.61. The van der Waals surface area contributed by atoms with Crippen LogP contribution in [0.2, 0.25) is 0 Å². The maximum Gasteiger partial charge on any atom is 0.332 e. The van der Waals surface area contributed by atoms with Gasteiger partial charge in [0, 0.05) is 17.9 Å². The van der Waals surface area contributed by atoms with Gasteiger partial charge >= 0.3 is 10.2 Å². The predicted molar refractivity (Wildman–Crippen MR) is 57.0 cm³/mol. The van der Waals surface area contributed by atoms with E-state index < -0.39 is 10.2 Å². The van der Waals surface area contributed by atoms with Crippen LogP contribution in [0.4, 0.5) is 3.89 Å². The van der Waals surface area contributed by atoms with Crippen LogP contribution in [-0.2, 0) is 10.2 Å². The lowest BCUT2D eigenvalue weighted by atomic mass is 10.2. The minimum atomic E-state index is -4.61. The second-order valence-corrected chi connectivity index (χ2v) is 4.43. The van der Waals surface area contributed by atoms with Crippen LogP contribution in [0.25, 0.3) is 0 Å². The van der Waals surface area contributed by atoms with Crippen LogP contribution >= 0.6 is 11.6 Å². The summed E-state index contributed by atoms with van der Waals surface area (Å²) in [6, 6.07) is 5.27. The third kappa shape index (κ3) is 3.90. The lowest BCUT2D eigenvalue weighted by molar-refractivity contribution is 0.552. The maximum atomic E-state index is 12.5. The van der Waals surface area contributed by atoms with Gasteiger partial charge in [0.05, 0.1) is 4.90 Å². The molecule has 0 spiro atoms. The predicted octanol–water partition coefficient (Wildman–Crippen LogP) is 2.33. The van der Waals surface area contributed by atoms with Crippen LogP contribution in [-0.4, -0.2) is 14.3 Å². The molecule has 0 bridgehead atoms. The van der Waals surface area contributed by atoms with E-state index in [0.717, 1.165) is 0 Å². The Labute approximate surface area is 93.3 Å². The fraction of sp³-hybridized carbons (Fsp3) is 0.200. The Kier molecular flexibility index (Phi) is 4.13. The fourth-order valence-electron chi connectivity index (χ4n) is 0.913. The van der Waals surface area contributed by atoms with Crippen LogP contribution in [0.15, 0.2) is 29.2 Å². The van der Waals surface area contributed by atoms with E-state index in [2.05, 4.69) is 11.8 Å². The Balaban J connectivity index is 2.88. The van der Waals surface area contributed by atoms with Gasteiger partial charge in [-0.2, -0.15) is 8.42 Å². The largest absolute Gasteiger partial charge is 0.332 e. The number of hydrogen-bond acceptors (Lipinski definition) is 2. The molecule has 0 aliphatic heterocycles. The fourth-order valence-corrected chi connectivity index (χ4v) is 1.47. The van der Waals surface area contributed by atoms with Crippen molar-refractivity contribution >= 4 is 21.8 Å². The highest BCUT2D eigenvalue weighted by Crippen LogP contribution is 2.12. The van der Waals surface area contributed by atoms with Gasteiger partial charge in [0.2, 0.25) is 0 Å². The highest BCUT2D eigenvalue weighted by Gasteiger charge is 2.09. The van der Waals surface area contributed by atoms with E-state index in [0.29, 0.717) is 17.9 Å². The normalized spacial score (nSPS) is 10.5. The molecule has 0 heterocycles. The molecule has 2 nitrogen and oxygen atoms in total. The first-order chi connectivity index (χ1) is 7.04. The molecule has 80 valence electrons. The zero-order valence-corrected chi connectivity index (χ0v) is 9.28. The number of benzene rings is 1. The van der Waals surface area contributed by atoms with Crippen molar-refractivity contribution in [3.8, 4) is 11.8 Å². The number of rotatable bonds is 2. The van der Waals surface area contributed by atoms with E-state index in [1.54, 1.807) is 0 Å². The van der Waals surface area contributed by atoms with Gasteiger partial charge in [0.1, 0.15) is 0 Å². The monoisotopic (exact) mass is 246 g/mol.